The number of carbonyl (C=O) groups is 1. The second-order valence-corrected chi connectivity index (χ2v) is 6.09. The van der Waals surface area contributed by atoms with Gasteiger partial charge in [0.25, 0.3) is 5.91 Å². The monoisotopic (exact) mass is 320 g/mol. The van der Waals surface area contributed by atoms with E-state index in [1.165, 1.54) is 0 Å². The number of fused-ring (bicyclic) bond motifs is 1. The first-order chi connectivity index (χ1) is 11.5. The van der Waals surface area contributed by atoms with Crippen molar-refractivity contribution in [1.29, 1.82) is 0 Å². The summed E-state index contributed by atoms with van der Waals surface area (Å²) in [5.74, 6) is -0.111. The molecule has 1 amide bonds. The van der Waals surface area contributed by atoms with Crippen LogP contribution >= 0.6 is 0 Å². The van der Waals surface area contributed by atoms with Crippen molar-refractivity contribution in [1.82, 2.24) is 20.3 Å². The number of hydrogen-bond acceptors (Lipinski definition) is 4. The van der Waals surface area contributed by atoms with Gasteiger partial charge in [0.15, 0.2) is 0 Å². The Kier molecular flexibility index (Phi) is 4.51. The number of nitrogens with one attached hydrogen (secondary N) is 1. The van der Waals surface area contributed by atoms with E-state index in [0.717, 1.165) is 27.9 Å². The van der Waals surface area contributed by atoms with Crippen LogP contribution in [0.5, 0.6) is 0 Å². The molecule has 0 saturated heterocycles. The molecular weight excluding hydrogens is 300 g/mol. The third-order valence-corrected chi connectivity index (χ3v) is 3.91. The Labute approximate surface area is 141 Å². The molecule has 0 unspecified atom stereocenters. The van der Waals surface area contributed by atoms with Gasteiger partial charge in [-0.15, -0.1) is 0 Å². The minimum absolute atomic E-state index is 0.0400. The zero-order valence-electron chi connectivity index (χ0n) is 14.1. The van der Waals surface area contributed by atoms with Crippen LogP contribution in [-0.2, 0) is 6.42 Å². The molecule has 0 aliphatic heterocycles. The van der Waals surface area contributed by atoms with E-state index >= 15 is 0 Å². The molecule has 0 aliphatic carbocycles. The number of pyridine rings is 1. The van der Waals surface area contributed by atoms with Gasteiger partial charge in [-0.2, -0.15) is 0 Å². The number of amides is 1. The average Bonchev–Trinajstić information content (AvgIpc) is 2.55. The third kappa shape index (κ3) is 3.56. The molecule has 0 bridgehead atoms. The van der Waals surface area contributed by atoms with Crippen molar-refractivity contribution in [2.45, 2.75) is 33.2 Å². The van der Waals surface area contributed by atoms with E-state index in [4.69, 9.17) is 0 Å². The molecule has 2 heterocycles. The lowest BCUT2D eigenvalue weighted by molar-refractivity contribution is 0.0939. The summed E-state index contributed by atoms with van der Waals surface area (Å²) in [5.41, 5.74) is 4.25. The highest BCUT2D eigenvalue weighted by atomic mass is 16.1. The van der Waals surface area contributed by atoms with Crippen LogP contribution in [0.4, 0.5) is 0 Å². The Hall–Kier alpha value is -2.82. The molecule has 3 aromatic rings. The fourth-order valence-electron chi connectivity index (χ4n) is 2.72. The van der Waals surface area contributed by atoms with Crippen LogP contribution in [0.25, 0.3) is 10.9 Å². The third-order valence-electron chi connectivity index (χ3n) is 3.91. The van der Waals surface area contributed by atoms with Crippen LogP contribution < -0.4 is 5.32 Å². The van der Waals surface area contributed by atoms with Crippen molar-refractivity contribution in [2.24, 2.45) is 0 Å². The average molecular weight is 320 g/mol. The van der Waals surface area contributed by atoms with Crippen LogP contribution in [0.1, 0.15) is 34.2 Å². The maximum absolute atomic E-state index is 12.6. The fourth-order valence-corrected chi connectivity index (χ4v) is 2.72. The number of benzene rings is 1. The fraction of sp³-hybridized carbons (Fsp3) is 0.263. The van der Waals surface area contributed by atoms with E-state index in [2.05, 4.69) is 20.3 Å². The number of carbonyl (C=O) groups excluding carboxylic acids is 1. The molecule has 5 nitrogen and oxygen atoms in total. The van der Waals surface area contributed by atoms with Crippen LogP contribution in [0.2, 0.25) is 0 Å². The molecule has 1 N–H and O–H groups in total. The van der Waals surface area contributed by atoms with Crippen LogP contribution in [0.3, 0.4) is 0 Å². The lowest BCUT2D eigenvalue weighted by Gasteiger charge is -2.15. The molecule has 0 saturated carbocycles. The van der Waals surface area contributed by atoms with Crippen LogP contribution in [0.15, 0.2) is 42.9 Å². The summed E-state index contributed by atoms with van der Waals surface area (Å²) < 4.78 is 0. The molecule has 0 spiro atoms. The Balaban J connectivity index is 1.79. The van der Waals surface area contributed by atoms with Gasteiger partial charge >= 0.3 is 0 Å². The van der Waals surface area contributed by atoms with Gasteiger partial charge in [0.2, 0.25) is 0 Å². The molecule has 3 rings (SSSR count). The van der Waals surface area contributed by atoms with E-state index in [-0.39, 0.29) is 11.9 Å². The number of rotatable bonds is 4. The van der Waals surface area contributed by atoms with Crippen molar-refractivity contribution < 1.29 is 4.79 Å². The normalized spacial score (nSPS) is 12.1. The maximum Gasteiger partial charge on any atom is 0.253 e. The van der Waals surface area contributed by atoms with Gasteiger partial charge in [-0.1, -0.05) is 11.6 Å². The molecule has 0 radical (unpaired) electrons. The first kappa shape index (κ1) is 16.1. The molecular formula is C19H20N4O. The molecule has 0 fully saturated rings. The van der Waals surface area contributed by atoms with Crippen molar-refractivity contribution >= 4 is 16.8 Å². The highest BCUT2D eigenvalue weighted by molar-refractivity contribution is 5.98. The second kappa shape index (κ2) is 6.74. The van der Waals surface area contributed by atoms with Gasteiger partial charge in [-0.3, -0.25) is 19.7 Å². The van der Waals surface area contributed by atoms with Gasteiger partial charge in [0.05, 0.1) is 22.5 Å². The molecule has 1 aromatic carbocycles. The summed E-state index contributed by atoms with van der Waals surface area (Å²) in [6.07, 6.45) is 5.65. The Bertz CT molecular complexity index is 877. The minimum atomic E-state index is -0.111. The van der Waals surface area contributed by atoms with Gasteiger partial charge in [-0.25, -0.2) is 0 Å². The van der Waals surface area contributed by atoms with Gasteiger partial charge in [0.1, 0.15) is 0 Å². The van der Waals surface area contributed by atoms with E-state index in [1.54, 1.807) is 18.6 Å². The summed E-state index contributed by atoms with van der Waals surface area (Å²) in [7, 11) is 0. The van der Waals surface area contributed by atoms with Gasteiger partial charge in [-0.05, 0) is 39.0 Å². The highest BCUT2D eigenvalue weighted by Gasteiger charge is 2.15. The van der Waals surface area contributed by atoms with Gasteiger partial charge in [0, 0.05) is 36.4 Å². The number of hydrogen-bond donors (Lipinski definition) is 1. The predicted octanol–water partition coefficient (Wildman–Crippen LogP) is 3.00. The van der Waals surface area contributed by atoms with E-state index < -0.39 is 0 Å². The Morgan fingerprint density at radius 2 is 2.04 bits per heavy atom. The largest absolute Gasteiger partial charge is 0.349 e. The molecule has 122 valence electrons. The number of aromatic nitrogens is 3. The molecule has 5 heteroatoms. The van der Waals surface area contributed by atoms with Crippen LogP contribution in [-0.4, -0.2) is 26.9 Å². The smallest absolute Gasteiger partial charge is 0.253 e. The zero-order chi connectivity index (χ0) is 17.1. The van der Waals surface area contributed by atoms with Crippen LogP contribution in [0, 0.1) is 13.8 Å². The standard InChI is InChI=1S/C19H20N4O/c1-12-4-5-18-15(8-12)10-17(14(3)23-18)19(24)22-13(2)9-16-11-20-6-7-21-16/h4-8,10-11,13H,9H2,1-3H3,(H,22,24)/t13-/m1/s1. The molecule has 2 aromatic heterocycles. The van der Waals surface area contributed by atoms with E-state index in [1.807, 2.05) is 45.0 Å². The molecule has 1 atom stereocenters. The minimum Gasteiger partial charge on any atom is -0.349 e. The molecule has 24 heavy (non-hydrogen) atoms. The zero-order valence-corrected chi connectivity index (χ0v) is 14.1. The van der Waals surface area contributed by atoms with Gasteiger partial charge < -0.3 is 5.32 Å². The molecule has 0 aliphatic rings. The summed E-state index contributed by atoms with van der Waals surface area (Å²) in [6, 6.07) is 7.92. The highest BCUT2D eigenvalue weighted by Crippen LogP contribution is 2.18. The summed E-state index contributed by atoms with van der Waals surface area (Å²) in [6.45, 7) is 5.85. The number of nitrogens with zero attached hydrogens (tertiary/aromatic N) is 3. The maximum atomic E-state index is 12.6. The van der Waals surface area contributed by atoms with Crippen molar-refractivity contribution in [3.63, 3.8) is 0 Å². The van der Waals surface area contributed by atoms with Crippen molar-refractivity contribution in [3.05, 3.63) is 65.4 Å². The SMILES string of the molecule is Cc1ccc2nc(C)c(C(=O)N[C@H](C)Cc3cnccn3)cc2c1. The summed E-state index contributed by atoms with van der Waals surface area (Å²) in [5, 5.41) is 4.00. The van der Waals surface area contributed by atoms with E-state index in [9.17, 15) is 4.79 Å². The summed E-state index contributed by atoms with van der Waals surface area (Å²) >= 11 is 0. The number of aryl methyl sites for hydroxylation is 2. The predicted molar refractivity (Wildman–Crippen MR) is 93.9 cm³/mol. The van der Waals surface area contributed by atoms with Crippen molar-refractivity contribution in [2.75, 3.05) is 0 Å². The lowest BCUT2D eigenvalue weighted by Crippen LogP contribution is -2.34. The first-order valence-corrected chi connectivity index (χ1v) is 7.96. The Morgan fingerprint density at radius 1 is 1.21 bits per heavy atom. The quantitative estimate of drug-likeness (QED) is 0.802. The first-order valence-electron chi connectivity index (χ1n) is 7.96. The Morgan fingerprint density at radius 3 is 2.79 bits per heavy atom. The lowest BCUT2D eigenvalue weighted by atomic mass is 10.1. The topological polar surface area (TPSA) is 67.8 Å². The van der Waals surface area contributed by atoms with E-state index in [0.29, 0.717) is 12.0 Å². The van der Waals surface area contributed by atoms with Crippen molar-refractivity contribution in [3.8, 4) is 0 Å². The second-order valence-electron chi connectivity index (χ2n) is 6.09. The summed E-state index contributed by atoms with van der Waals surface area (Å²) in [4.78, 5) is 25.4.